The van der Waals surface area contributed by atoms with Crippen LogP contribution in [0.4, 0.5) is 0 Å². The molecule has 9 nitrogen and oxygen atoms in total. The molecule has 10 heteroatoms. The van der Waals surface area contributed by atoms with Crippen LogP contribution in [0.3, 0.4) is 0 Å². The van der Waals surface area contributed by atoms with Gasteiger partial charge < -0.3 is 23.8 Å². The van der Waals surface area contributed by atoms with E-state index in [9.17, 15) is 9.59 Å². The molecule has 0 aliphatic carbocycles. The highest BCUT2D eigenvalue weighted by Gasteiger charge is 2.45. The van der Waals surface area contributed by atoms with Crippen molar-refractivity contribution in [2.45, 2.75) is 12.7 Å². The molecule has 4 heterocycles. The number of aryl methyl sites for hydroxylation is 2. The second-order valence-corrected chi connectivity index (χ2v) is 7.93. The molecular formula is C17H21N5O4S. The van der Waals surface area contributed by atoms with Crippen LogP contribution in [0.15, 0.2) is 18.6 Å². The molecular weight excluding hydrogens is 370 g/mol. The number of aromatic nitrogens is 3. The van der Waals surface area contributed by atoms with Crippen molar-refractivity contribution in [3.8, 4) is 0 Å². The smallest absolute Gasteiger partial charge is 0.290 e. The van der Waals surface area contributed by atoms with Crippen molar-refractivity contribution in [1.82, 2.24) is 24.3 Å². The van der Waals surface area contributed by atoms with Crippen LogP contribution in [0.1, 0.15) is 25.3 Å². The molecule has 1 unspecified atom stereocenters. The molecule has 0 radical (unpaired) electrons. The fourth-order valence-electron chi connectivity index (χ4n) is 3.35. The number of thiazole rings is 1. The molecule has 2 fully saturated rings. The molecule has 2 amide bonds. The molecule has 2 aliphatic heterocycles. The molecule has 2 aliphatic rings. The molecule has 0 saturated carbocycles. The summed E-state index contributed by atoms with van der Waals surface area (Å²) in [5, 5.41) is 0.460. The van der Waals surface area contributed by atoms with E-state index in [4.69, 9.17) is 9.47 Å². The van der Waals surface area contributed by atoms with E-state index in [0.29, 0.717) is 37.1 Å². The summed E-state index contributed by atoms with van der Waals surface area (Å²) in [7, 11) is 1.78. The lowest BCUT2D eigenvalue weighted by Gasteiger charge is -2.47. The minimum Gasteiger partial charge on any atom is -0.345 e. The number of imidazole rings is 1. The van der Waals surface area contributed by atoms with Crippen LogP contribution in [0.2, 0.25) is 0 Å². The molecule has 4 rings (SSSR count). The molecule has 0 N–H and O–H groups in total. The van der Waals surface area contributed by atoms with Gasteiger partial charge in [0.05, 0.1) is 26.3 Å². The van der Waals surface area contributed by atoms with Gasteiger partial charge in [0, 0.05) is 43.6 Å². The first-order chi connectivity index (χ1) is 13.0. The Morgan fingerprint density at radius 3 is 2.33 bits per heavy atom. The van der Waals surface area contributed by atoms with E-state index in [1.54, 1.807) is 40.0 Å². The minimum atomic E-state index is -1.01. The molecule has 0 bridgehead atoms. The minimum absolute atomic E-state index is 0.132. The van der Waals surface area contributed by atoms with Crippen LogP contribution in [-0.4, -0.2) is 81.3 Å². The summed E-state index contributed by atoms with van der Waals surface area (Å²) in [5.74, 6) is -0.951. The van der Waals surface area contributed by atoms with E-state index in [2.05, 4.69) is 9.97 Å². The van der Waals surface area contributed by atoms with Gasteiger partial charge in [0.2, 0.25) is 5.79 Å². The van der Waals surface area contributed by atoms with Gasteiger partial charge in [-0.05, 0) is 6.92 Å². The van der Waals surface area contributed by atoms with Crippen LogP contribution in [-0.2, 0) is 16.5 Å². The maximum absolute atomic E-state index is 12.8. The summed E-state index contributed by atoms with van der Waals surface area (Å²) in [6, 6.07) is 0. The third-order valence-corrected chi connectivity index (χ3v) is 5.61. The van der Waals surface area contributed by atoms with Crippen molar-refractivity contribution in [3.63, 3.8) is 0 Å². The molecule has 1 spiro atoms. The first-order valence-corrected chi connectivity index (χ1v) is 9.55. The maximum atomic E-state index is 12.8. The van der Waals surface area contributed by atoms with Crippen LogP contribution in [0.5, 0.6) is 0 Å². The Bertz CT molecular complexity index is 861. The number of hydrogen-bond acceptors (Lipinski definition) is 7. The number of rotatable bonds is 2. The Balaban J connectivity index is 1.49. The standard InChI is InChI=1S/C17H21N5O4S/c1-12-9-19-14(27-12)16(24)22-6-8-26-17(11-22)10-21(5-7-25-17)15(23)13-18-3-4-20(13)2/h3-4,9H,5-8,10-11H2,1-2H3. The normalized spacial score (nSPS) is 23.0. The van der Waals surface area contributed by atoms with Crippen LogP contribution >= 0.6 is 11.3 Å². The molecule has 27 heavy (non-hydrogen) atoms. The van der Waals surface area contributed by atoms with Crippen molar-refractivity contribution >= 4 is 23.2 Å². The summed E-state index contributed by atoms with van der Waals surface area (Å²) < 4.78 is 13.5. The number of carbonyl (C=O) groups excluding carboxylic acids is 2. The van der Waals surface area contributed by atoms with Crippen molar-refractivity contribution in [2.24, 2.45) is 7.05 Å². The second kappa shape index (κ2) is 7.02. The SMILES string of the molecule is Cc1cnc(C(=O)N2CCOC3(C2)CN(C(=O)c2nccn2C)CCO3)s1. The van der Waals surface area contributed by atoms with Gasteiger partial charge in [0.25, 0.3) is 11.8 Å². The zero-order chi connectivity index (χ0) is 19.0. The van der Waals surface area contributed by atoms with E-state index in [0.717, 1.165) is 4.88 Å². The topological polar surface area (TPSA) is 89.8 Å². The van der Waals surface area contributed by atoms with Crippen molar-refractivity contribution in [2.75, 3.05) is 39.4 Å². The Morgan fingerprint density at radius 2 is 1.78 bits per heavy atom. The van der Waals surface area contributed by atoms with Gasteiger partial charge in [-0.1, -0.05) is 0 Å². The first-order valence-electron chi connectivity index (χ1n) is 8.74. The van der Waals surface area contributed by atoms with E-state index >= 15 is 0 Å². The maximum Gasteiger partial charge on any atom is 0.290 e. The van der Waals surface area contributed by atoms with Crippen molar-refractivity contribution in [1.29, 1.82) is 0 Å². The average molecular weight is 391 g/mol. The van der Waals surface area contributed by atoms with Crippen LogP contribution in [0, 0.1) is 6.92 Å². The lowest BCUT2D eigenvalue weighted by Crippen LogP contribution is -2.63. The second-order valence-electron chi connectivity index (χ2n) is 6.70. The van der Waals surface area contributed by atoms with Gasteiger partial charge >= 0.3 is 0 Å². The highest BCUT2D eigenvalue weighted by molar-refractivity contribution is 7.13. The number of hydrogen-bond donors (Lipinski definition) is 0. The number of nitrogens with zero attached hydrogens (tertiary/aromatic N) is 5. The third-order valence-electron chi connectivity index (χ3n) is 4.71. The Hall–Kier alpha value is -2.30. The summed E-state index contributed by atoms with van der Waals surface area (Å²) in [5.41, 5.74) is 0. The molecule has 2 aromatic heterocycles. The van der Waals surface area contributed by atoms with Crippen LogP contribution in [0.25, 0.3) is 0 Å². The zero-order valence-corrected chi connectivity index (χ0v) is 16.1. The number of ether oxygens (including phenoxy) is 2. The largest absolute Gasteiger partial charge is 0.345 e. The Morgan fingerprint density at radius 1 is 1.11 bits per heavy atom. The predicted molar refractivity (Wildman–Crippen MR) is 96.5 cm³/mol. The van der Waals surface area contributed by atoms with Crippen LogP contribution < -0.4 is 0 Å². The number of amides is 2. The van der Waals surface area contributed by atoms with E-state index in [-0.39, 0.29) is 24.9 Å². The van der Waals surface area contributed by atoms with Gasteiger partial charge in [-0.2, -0.15) is 0 Å². The molecule has 144 valence electrons. The molecule has 2 aromatic rings. The van der Waals surface area contributed by atoms with Gasteiger partial charge in [-0.25, -0.2) is 9.97 Å². The summed E-state index contributed by atoms with van der Waals surface area (Å²) in [4.78, 5) is 38.2. The average Bonchev–Trinajstić information content (AvgIpc) is 3.29. The summed E-state index contributed by atoms with van der Waals surface area (Å²) in [6.45, 7) is 4.04. The Labute approximate surface area is 160 Å². The van der Waals surface area contributed by atoms with Gasteiger partial charge in [-0.3, -0.25) is 9.59 Å². The van der Waals surface area contributed by atoms with Crippen molar-refractivity contribution in [3.05, 3.63) is 34.3 Å². The fraction of sp³-hybridized carbons (Fsp3) is 0.529. The van der Waals surface area contributed by atoms with E-state index in [1.165, 1.54) is 11.3 Å². The van der Waals surface area contributed by atoms with E-state index in [1.807, 2.05) is 6.92 Å². The zero-order valence-electron chi connectivity index (χ0n) is 15.3. The van der Waals surface area contributed by atoms with Gasteiger partial charge in [0.1, 0.15) is 0 Å². The quantitative estimate of drug-likeness (QED) is 0.742. The summed E-state index contributed by atoms with van der Waals surface area (Å²) in [6.07, 6.45) is 5.02. The lowest BCUT2D eigenvalue weighted by molar-refractivity contribution is -0.282. The highest BCUT2D eigenvalue weighted by Crippen LogP contribution is 2.27. The lowest BCUT2D eigenvalue weighted by atomic mass is 10.1. The third kappa shape index (κ3) is 3.47. The van der Waals surface area contributed by atoms with Gasteiger partial charge in [-0.15, -0.1) is 11.3 Å². The number of morpholine rings is 2. The number of carbonyl (C=O) groups is 2. The first kappa shape index (κ1) is 18.1. The van der Waals surface area contributed by atoms with Crippen molar-refractivity contribution < 1.29 is 19.1 Å². The Kier molecular flexibility index (Phi) is 4.70. The molecule has 1 atom stereocenters. The molecule has 2 saturated heterocycles. The summed E-state index contributed by atoms with van der Waals surface area (Å²) >= 11 is 1.37. The predicted octanol–water partition coefficient (Wildman–Crippen LogP) is 0.526. The van der Waals surface area contributed by atoms with E-state index < -0.39 is 5.79 Å². The fourth-order valence-corrected chi connectivity index (χ4v) is 4.08. The highest BCUT2D eigenvalue weighted by atomic mass is 32.1. The molecule has 0 aromatic carbocycles. The van der Waals surface area contributed by atoms with Gasteiger partial charge in [0.15, 0.2) is 10.8 Å². The monoisotopic (exact) mass is 391 g/mol.